The number of aromatic nitrogens is 1. The van der Waals surface area contributed by atoms with Crippen LogP contribution in [-0.2, 0) is 11.3 Å². The van der Waals surface area contributed by atoms with E-state index in [0.29, 0.717) is 12.4 Å². The summed E-state index contributed by atoms with van der Waals surface area (Å²) >= 11 is 0. The SMILES string of the molecule is CCNC(=NCc1ccc(OC(C)C)nc1)NCCCCOCC. The van der Waals surface area contributed by atoms with Crippen molar-refractivity contribution in [1.82, 2.24) is 15.6 Å². The van der Waals surface area contributed by atoms with Crippen LogP contribution >= 0.6 is 0 Å². The lowest BCUT2D eigenvalue weighted by molar-refractivity contribution is 0.143. The maximum atomic E-state index is 5.54. The second-order valence-electron chi connectivity index (χ2n) is 5.70. The summed E-state index contributed by atoms with van der Waals surface area (Å²) in [5.74, 6) is 1.48. The molecule has 6 nitrogen and oxygen atoms in total. The van der Waals surface area contributed by atoms with E-state index in [1.165, 1.54) is 0 Å². The Morgan fingerprint density at radius 1 is 1.21 bits per heavy atom. The molecule has 0 atom stereocenters. The molecule has 1 aromatic rings. The topological polar surface area (TPSA) is 67.8 Å². The first-order chi connectivity index (χ1) is 11.7. The minimum absolute atomic E-state index is 0.133. The number of rotatable bonds is 11. The Kier molecular flexibility index (Phi) is 10.6. The van der Waals surface area contributed by atoms with Crippen molar-refractivity contribution in [3.63, 3.8) is 0 Å². The molecule has 136 valence electrons. The fourth-order valence-corrected chi connectivity index (χ4v) is 2.01. The number of guanidine groups is 1. The van der Waals surface area contributed by atoms with Crippen LogP contribution in [0.25, 0.3) is 0 Å². The molecule has 6 heteroatoms. The van der Waals surface area contributed by atoms with Gasteiger partial charge in [-0.2, -0.15) is 0 Å². The molecule has 0 aromatic carbocycles. The van der Waals surface area contributed by atoms with Crippen LogP contribution in [0.5, 0.6) is 5.88 Å². The first-order valence-electron chi connectivity index (χ1n) is 8.87. The van der Waals surface area contributed by atoms with E-state index in [0.717, 1.165) is 50.7 Å². The highest BCUT2D eigenvalue weighted by Gasteiger charge is 2.01. The van der Waals surface area contributed by atoms with Crippen LogP contribution in [0.2, 0.25) is 0 Å². The Labute approximate surface area is 146 Å². The second-order valence-corrected chi connectivity index (χ2v) is 5.70. The lowest BCUT2D eigenvalue weighted by Gasteiger charge is -2.11. The number of nitrogens with one attached hydrogen (secondary N) is 2. The minimum atomic E-state index is 0.133. The Morgan fingerprint density at radius 2 is 2.04 bits per heavy atom. The molecule has 0 amide bonds. The number of hydrogen-bond donors (Lipinski definition) is 2. The molecule has 2 N–H and O–H groups in total. The van der Waals surface area contributed by atoms with E-state index in [2.05, 4.69) is 27.5 Å². The maximum Gasteiger partial charge on any atom is 0.213 e. The molecule has 0 radical (unpaired) electrons. The van der Waals surface area contributed by atoms with E-state index in [4.69, 9.17) is 9.47 Å². The van der Waals surface area contributed by atoms with E-state index in [9.17, 15) is 0 Å². The number of pyridine rings is 1. The summed E-state index contributed by atoms with van der Waals surface area (Å²) in [4.78, 5) is 8.89. The third kappa shape index (κ3) is 9.35. The van der Waals surface area contributed by atoms with Crippen LogP contribution in [0, 0.1) is 0 Å². The highest BCUT2D eigenvalue weighted by atomic mass is 16.5. The van der Waals surface area contributed by atoms with E-state index < -0.39 is 0 Å². The summed E-state index contributed by atoms with van der Waals surface area (Å²) in [6, 6.07) is 3.89. The largest absolute Gasteiger partial charge is 0.475 e. The van der Waals surface area contributed by atoms with Crippen LogP contribution in [0.1, 0.15) is 46.1 Å². The molecule has 1 heterocycles. The average molecular weight is 336 g/mol. The van der Waals surface area contributed by atoms with Gasteiger partial charge in [-0.25, -0.2) is 9.98 Å². The van der Waals surface area contributed by atoms with Crippen molar-refractivity contribution in [2.24, 2.45) is 4.99 Å². The number of aliphatic imine (C=N–C) groups is 1. The molecule has 0 unspecified atom stereocenters. The minimum Gasteiger partial charge on any atom is -0.475 e. The normalized spacial score (nSPS) is 11.6. The molecule has 0 saturated heterocycles. The zero-order chi connectivity index (χ0) is 17.6. The lowest BCUT2D eigenvalue weighted by Crippen LogP contribution is -2.37. The van der Waals surface area contributed by atoms with E-state index in [1.807, 2.05) is 39.1 Å². The first kappa shape index (κ1) is 20.2. The summed E-state index contributed by atoms with van der Waals surface area (Å²) in [6.45, 7) is 12.0. The maximum absolute atomic E-state index is 5.54. The molecule has 0 aliphatic rings. The Balaban J connectivity index is 2.41. The van der Waals surface area contributed by atoms with Gasteiger partial charge in [0.05, 0.1) is 12.6 Å². The fourth-order valence-electron chi connectivity index (χ4n) is 2.01. The van der Waals surface area contributed by atoms with Gasteiger partial charge < -0.3 is 20.1 Å². The monoisotopic (exact) mass is 336 g/mol. The quantitative estimate of drug-likeness (QED) is 0.369. The number of nitrogens with zero attached hydrogens (tertiary/aromatic N) is 2. The van der Waals surface area contributed by atoms with Gasteiger partial charge in [-0.15, -0.1) is 0 Å². The molecule has 0 aliphatic carbocycles. The smallest absolute Gasteiger partial charge is 0.213 e. The Morgan fingerprint density at radius 3 is 2.67 bits per heavy atom. The van der Waals surface area contributed by atoms with Crippen LogP contribution < -0.4 is 15.4 Å². The van der Waals surface area contributed by atoms with Crippen LogP contribution in [0.15, 0.2) is 23.3 Å². The first-order valence-corrected chi connectivity index (χ1v) is 8.87. The van der Waals surface area contributed by atoms with Crippen molar-refractivity contribution >= 4 is 5.96 Å². The van der Waals surface area contributed by atoms with Gasteiger partial charge in [0.25, 0.3) is 0 Å². The lowest BCUT2D eigenvalue weighted by atomic mass is 10.3. The van der Waals surface area contributed by atoms with Gasteiger partial charge in [0.15, 0.2) is 5.96 Å². The highest BCUT2D eigenvalue weighted by molar-refractivity contribution is 5.79. The van der Waals surface area contributed by atoms with Gasteiger partial charge in [0, 0.05) is 38.6 Å². The van der Waals surface area contributed by atoms with E-state index in [1.54, 1.807) is 0 Å². The van der Waals surface area contributed by atoms with Crippen LogP contribution in [0.4, 0.5) is 0 Å². The molecule has 0 fully saturated rings. The van der Waals surface area contributed by atoms with E-state index in [-0.39, 0.29) is 6.10 Å². The number of ether oxygens (including phenoxy) is 2. The van der Waals surface area contributed by atoms with Crippen molar-refractivity contribution < 1.29 is 9.47 Å². The van der Waals surface area contributed by atoms with E-state index >= 15 is 0 Å². The molecule has 1 rings (SSSR count). The summed E-state index contributed by atoms with van der Waals surface area (Å²) in [5.41, 5.74) is 1.06. The molecular formula is C18H32N4O2. The summed E-state index contributed by atoms with van der Waals surface area (Å²) in [5, 5.41) is 6.60. The third-order valence-electron chi connectivity index (χ3n) is 3.13. The van der Waals surface area contributed by atoms with Crippen LogP contribution in [0.3, 0.4) is 0 Å². The van der Waals surface area contributed by atoms with Crippen LogP contribution in [-0.4, -0.2) is 43.4 Å². The van der Waals surface area contributed by atoms with Gasteiger partial charge >= 0.3 is 0 Å². The van der Waals surface area contributed by atoms with Crippen molar-refractivity contribution in [3.05, 3.63) is 23.9 Å². The molecule has 1 aromatic heterocycles. The average Bonchev–Trinajstić information content (AvgIpc) is 2.56. The predicted molar refractivity (Wildman–Crippen MR) is 98.5 cm³/mol. The van der Waals surface area contributed by atoms with Crippen molar-refractivity contribution in [3.8, 4) is 5.88 Å². The number of hydrogen-bond acceptors (Lipinski definition) is 4. The van der Waals surface area contributed by atoms with Gasteiger partial charge in [0.2, 0.25) is 5.88 Å². The molecule has 24 heavy (non-hydrogen) atoms. The fraction of sp³-hybridized carbons (Fsp3) is 0.667. The zero-order valence-corrected chi connectivity index (χ0v) is 15.5. The van der Waals surface area contributed by atoms with Gasteiger partial charge in [0.1, 0.15) is 0 Å². The number of unbranched alkanes of at least 4 members (excludes halogenated alkanes) is 1. The Hall–Kier alpha value is -1.82. The second kappa shape index (κ2) is 12.6. The Bertz CT molecular complexity index is 461. The van der Waals surface area contributed by atoms with Gasteiger partial charge in [-0.3, -0.25) is 0 Å². The van der Waals surface area contributed by atoms with Crippen molar-refractivity contribution in [2.45, 2.75) is 53.2 Å². The molecular weight excluding hydrogens is 304 g/mol. The highest BCUT2D eigenvalue weighted by Crippen LogP contribution is 2.10. The molecule has 0 aliphatic heterocycles. The summed E-state index contributed by atoms with van der Waals surface area (Å²) < 4.78 is 10.9. The summed E-state index contributed by atoms with van der Waals surface area (Å²) in [6.07, 6.45) is 4.07. The molecule has 0 saturated carbocycles. The standard InChI is InChI=1S/C18H32N4O2/c1-5-19-18(20-11-7-8-12-23-6-2)22-14-16-9-10-17(21-13-16)24-15(3)4/h9-10,13,15H,5-8,11-12,14H2,1-4H3,(H2,19,20,22). The van der Waals surface area contributed by atoms with Gasteiger partial charge in [-0.1, -0.05) is 6.07 Å². The predicted octanol–water partition coefficient (Wildman–Crippen LogP) is 2.74. The molecule has 0 bridgehead atoms. The summed E-state index contributed by atoms with van der Waals surface area (Å²) in [7, 11) is 0. The van der Waals surface area contributed by atoms with Gasteiger partial charge in [-0.05, 0) is 46.1 Å². The molecule has 0 spiro atoms. The van der Waals surface area contributed by atoms with Crippen molar-refractivity contribution in [2.75, 3.05) is 26.3 Å². The van der Waals surface area contributed by atoms with Crippen molar-refractivity contribution in [1.29, 1.82) is 0 Å². The zero-order valence-electron chi connectivity index (χ0n) is 15.5. The third-order valence-corrected chi connectivity index (χ3v) is 3.13.